The first-order valence-electron chi connectivity index (χ1n) is 5.55. The number of benzene rings is 2. The van der Waals surface area contributed by atoms with Crippen LogP contribution in [0.2, 0.25) is 0 Å². The largest absolute Gasteiger partial charge is 0.502 e. The summed E-state index contributed by atoms with van der Waals surface area (Å²) < 4.78 is 27.6. The standard InChI is InChI=1S/C12H9IN2O5S/c13-8-1-3-9(4-2-8)14-21(19,20)10-5-6-12(16)11(7-10)15(17)18/h1-7,14,16H. The van der Waals surface area contributed by atoms with E-state index in [0.29, 0.717) is 5.69 Å². The molecule has 21 heavy (non-hydrogen) atoms. The molecule has 0 aliphatic heterocycles. The number of hydrogen-bond acceptors (Lipinski definition) is 5. The minimum Gasteiger partial charge on any atom is -0.502 e. The number of sulfonamides is 1. The maximum absolute atomic E-state index is 12.2. The number of nitro groups is 1. The number of rotatable bonds is 4. The minimum absolute atomic E-state index is 0.300. The molecule has 2 aromatic carbocycles. The van der Waals surface area contributed by atoms with E-state index in [9.17, 15) is 23.6 Å². The van der Waals surface area contributed by atoms with Crippen molar-refractivity contribution in [3.63, 3.8) is 0 Å². The summed E-state index contributed by atoms with van der Waals surface area (Å²) in [6.45, 7) is 0. The summed E-state index contributed by atoms with van der Waals surface area (Å²) in [7, 11) is -3.97. The first-order valence-corrected chi connectivity index (χ1v) is 8.11. The van der Waals surface area contributed by atoms with Crippen LogP contribution in [0.15, 0.2) is 47.4 Å². The number of nitro benzene ring substituents is 1. The van der Waals surface area contributed by atoms with E-state index in [0.717, 1.165) is 21.8 Å². The molecule has 110 valence electrons. The van der Waals surface area contributed by atoms with Crippen LogP contribution in [0.5, 0.6) is 5.75 Å². The molecule has 2 aromatic rings. The number of nitrogens with one attached hydrogen (secondary N) is 1. The average molecular weight is 420 g/mol. The Kier molecular flexibility index (Phi) is 4.32. The minimum atomic E-state index is -3.97. The molecule has 2 rings (SSSR count). The lowest BCUT2D eigenvalue weighted by Gasteiger charge is -2.08. The maximum atomic E-state index is 12.2. The van der Waals surface area contributed by atoms with Gasteiger partial charge in [-0.25, -0.2) is 8.42 Å². The van der Waals surface area contributed by atoms with Gasteiger partial charge in [0.05, 0.1) is 9.82 Å². The van der Waals surface area contributed by atoms with Crippen molar-refractivity contribution in [1.82, 2.24) is 0 Å². The van der Waals surface area contributed by atoms with Crippen molar-refractivity contribution < 1.29 is 18.4 Å². The Morgan fingerprint density at radius 3 is 2.33 bits per heavy atom. The fourth-order valence-corrected chi connectivity index (χ4v) is 2.99. The van der Waals surface area contributed by atoms with Crippen molar-refractivity contribution in [2.24, 2.45) is 0 Å². The van der Waals surface area contributed by atoms with Gasteiger partial charge in [-0.05, 0) is 59.0 Å². The number of halogens is 1. The quantitative estimate of drug-likeness (QED) is 0.449. The maximum Gasteiger partial charge on any atom is 0.312 e. The van der Waals surface area contributed by atoms with Crippen LogP contribution in [0.3, 0.4) is 0 Å². The molecule has 0 heterocycles. The highest BCUT2D eigenvalue weighted by atomic mass is 127. The summed E-state index contributed by atoms with van der Waals surface area (Å²) in [6.07, 6.45) is 0. The molecule has 0 amide bonds. The molecule has 7 nitrogen and oxygen atoms in total. The second-order valence-corrected chi connectivity index (χ2v) is 6.95. The van der Waals surface area contributed by atoms with Crippen LogP contribution < -0.4 is 4.72 Å². The molecule has 0 unspecified atom stereocenters. The zero-order valence-corrected chi connectivity index (χ0v) is 13.3. The van der Waals surface area contributed by atoms with Crippen LogP contribution in [0.4, 0.5) is 11.4 Å². The molecule has 0 aromatic heterocycles. The smallest absolute Gasteiger partial charge is 0.312 e. The van der Waals surface area contributed by atoms with Gasteiger partial charge in [-0.15, -0.1) is 0 Å². The predicted octanol–water partition coefficient (Wildman–Crippen LogP) is 2.71. The Morgan fingerprint density at radius 1 is 1.14 bits per heavy atom. The predicted molar refractivity (Wildman–Crippen MR) is 84.7 cm³/mol. The van der Waals surface area contributed by atoms with Crippen LogP contribution in [0.25, 0.3) is 0 Å². The van der Waals surface area contributed by atoms with Crippen molar-refractivity contribution in [3.05, 3.63) is 56.1 Å². The zero-order valence-electron chi connectivity index (χ0n) is 10.4. The molecule has 0 aliphatic rings. The molecule has 0 saturated heterocycles. The number of aromatic hydroxyl groups is 1. The first kappa shape index (κ1) is 15.5. The fraction of sp³-hybridized carbons (Fsp3) is 0. The van der Waals surface area contributed by atoms with Crippen LogP contribution in [0.1, 0.15) is 0 Å². The van der Waals surface area contributed by atoms with Crippen molar-refractivity contribution >= 4 is 44.0 Å². The Balaban J connectivity index is 2.38. The monoisotopic (exact) mass is 420 g/mol. The molecule has 0 bridgehead atoms. The highest BCUT2D eigenvalue weighted by Gasteiger charge is 2.21. The van der Waals surface area contributed by atoms with Gasteiger partial charge in [0.15, 0.2) is 5.75 Å². The molecule has 0 aliphatic carbocycles. The number of nitrogens with zero attached hydrogens (tertiary/aromatic N) is 1. The molecule has 9 heteroatoms. The van der Waals surface area contributed by atoms with Gasteiger partial charge in [-0.2, -0.15) is 0 Å². The third-order valence-corrected chi connectivity index (χ3v) is 4.65. The molecule has 0 fully saturated rings. The van der Waals surface area contributed by atoms with E-state index in [-0.39, 0.29) is 4.90 Å². The number of hydrogen-bond donors (Lipinski definition) is 2. The summed E-state index contributed by atoms with van der Waals surface area (Å²) in [5.41, 5.74) is -0.327. The molecular formula is C12H9IN2O5S. The molecule has 0 saturated carbocycles. The van der Waals surface area contributed by atoms with E-state index in [4.69, 9.17) is 0 Å². The van der Waals surface area contributed by atoms with E-state index >= 15 is 0 Å². The summed E-state index contributed by atoms with van der Waals surface area (Å²) in [4.78, 5) is 9.58. The second kappa shape index (κ2) is 5.85. The Bertz CT molecular complexity index is 790. The van der Waals surface area contributed by atoms with Crippen molar-refractivity contribution in [2.75, 3.05) is 4.72 Å². The van der Waals surface area contributed by atoms with Crippen molar-refractivity contribution in [2.45, 2.75) is 4.90 Å². The van der Waals surface area contributed by atoms with Gasteiger partial charge in [-0.3, -0.25) is 14.8 Å². The van der Waals surface area contributed by atoms with Gasteiger partial charge in [0, 0.05) is 15.3 Å². The Hall–Kier alpha value is -1.88. The van der Waals surface area contributed by atoms with Crippen LogP contribution in [-0.4, -0.2) is 18.4 Å². The third kappa shape index (κ3) is 3.61. The molecular weight excluding hydrogens is 411 g/mol. The van der Waals surface area contributed by atoms with Gasteiger partial charge in [0.25, 0.3) is 10.0 Å². The topological polar surface area (TPSA) is 110 Å². The van der Waals surface area contributed by atoms with E-state index in [2.05, 4.69) is 27.3 Å². The summed E-state index contributed by atoms with van der Waals surface area (Å²) >= 11 is 2.08. The molecule has 0 radical (unpaired) electrons. The van der Waals surface area contributed by atoms with E-state index < -0.39 is 26.4 Å². The van der Waals surface area contributed by atoms with Gasteiger partial charge in [-0.1, -0.05) is 0 Å². The van der Waals surface area contributed by atoms with Gasteiger partial charge >= 0.3 is 5.69 Å². The zero-order chi connectivity index (χ0) is 15.6. The average Bonchev–Trinajstić information content (AvgIpc) is 2.41. The van der Waals surface area contributed by atoms with E-state index in [1.807, 2.05) is 0 Å². The van der Waals surface area contributed by atoms with Gasteiger partial charge < -0.3 is 5.11 Å². The molecule has 0 atom stereocenters. The first-order chi connectivity index (χ1) is 9.79. The fourth-order valence-electron chi connectivity index (χ4n) is 1.55. The van der Waals surface area contributed by atoms with E-state index in [1.54, 1.807) is 24.3 Å². The summed E-state index contributed by atoms with van der Waals surface area (Å²) in [5.74, 6) is -0.590. The number of anilines is 1. The summed E-state index contributed by atoms with van der Waals surface area (Å²) in [6, 6.07) is 9.47. The second-order valence-electron chi connectivity index (χ2n) is 4.02. The van der Waals surface area contributed by atoms with Gasteiger partial charge in [0.1, 0.15) is 0 Å². The number of phenolic OH excluding ortho intramolecular Hbond substituents is 1. The third-order valence-electron chi connectivity index (χ3n) is 2.55. The van der Waals surface area contributed by atoms with Crippen molar-refractivity contribution in [3.8, 4) is 5.75 Å². The lowest BCUT2D eigenvalue weighted by Crippen LogP contribution is -2.13. The van der Waals surface area contributed by atoms with E-state index in [1.165, 1.54) is 0 Å². The normalized spacial score (nSPS) is 11.1. The van der Waals surface area contributed by atoms with Crippen LogP contribution in [-0.2, 0) is 10.0 Å². The number of phenols is 1. The lowest BCUT2D eigenvalue weighted by atomic mass is 10.3. The highest BCUT2D eigenvalue weighted by molar-refractivity contribution is 14.1. The summed E-state index contributed by atoms with van der Waals surface area (Å²) in [5, 5.41) is 20.1. The lowest BCUT2D eigenvalue weighted by molar-refractivity contribution is -0.386. The molecule has 0 spiro atoms. The molecule has 2 N–H and O–H groups in total. The SMILES string of the molecule is O=[N+]([O-])c1cc(S(=O)(=O)Nc2ccc(I)cc2)ccc1O. The van der Waals surface area contributed by atoms with Crippen LogP contribution in [0, 0.1) is 13.7 Å². The Morgan fingerprint density at radius 2 is 1.76 bits per heavy atom. The Labute approximate surface area is 134 Å². The van der Waals surface area contributed by atoms with Gasteiger partial charge in [0.2, 0.25) is 0 Å². The van der Waals surface area contributed by atoms with Crippen molar-refractivity contribution in [1.29, 1.82) is 0 Å². The van der Waals surface area contributed by atoms with Crippen LogP contribution >= 0.6 is 22.6 Å². The highest BCUT2D eigenvalue weighted by Crippen LogP contribution is 2.29.